The number of aromatic nitrogens is 2. The first-order valence-corrected chi connectivity index (χ1v) is 24.1. The van der Waals surface area contributed by atoms with Crippen molar-refractivity contribution in [1.29, 1.82) is 0 Å². The molecule has 0 fully saturated rings. The van der Waals surface area contributed by atoms with E-state index in [-0.39, 0.29) is 6.04 Å². The summed E-state index contributed by atoms with van der Waals surface area (Å²) in [4.78, 5) is 11.8. The zero-order valence-electron chi connectivity index (χ0n) is 38.2. The lowest BCUT2D eigenvalue weighted by Crippen LogP contribution is -2.12. The molecule has 3 heterocycles. The second-order valence-electron chi connectivity index (χ2n) is 18.0. The standard InChI is InChI=1S/C63H48N4O/c1-3-51(41-21-7-5-8-22-41)64-63(65-52(4-2)48-30-19-32-54-60(48)49-29-15-17-31-53(49)66(54)44-25-9-6-10-26-44)61-56(37-35-47-46-28-16-18-33-58(46)68-62(47)61)67-55-36-34-40-20-13-14-27-45(40)59(55)50-38-42-23-11-12-24-43(42)39-57(50)67/h5-15,17-27,29-39,52H,3-4,16,28H2,1-2H3/b64-51+,65-63-. The third-order valence-corrected chi connectivity index (χ3v) is 14.2. The fourth-order valence-corrected chi connectivity index (χ4v) is 11.1. The van der Waals surface area contributed by atoms with E-state index in [1.807, 2.05) is 0 Å². The minimum absolute atomic E-state index is 0.250. The summed E-state index contributed by atoms with van der Waals surface area (Å²) in [6.45, 7) is 4.45. The highest BCUT2D eigenvalue weighted by molar-refractivity contribution is 6.25. The van der Waals surface area contributed by atoms with Crippen LogP contribution in [0.3, 0.4) is 0 Å². The van der Waals surface area contributed by atoms with Crippen LogP contribution in [0, 0.1) is 0 Å². The van der Waals surface area contributed by atoms with Crippen molar-refractivity contribution in [3.05, 3.63) is 222 Å². The average molecular weight is 877 g/mol. The third-order valence-electron chi connectivity index (χ3n) is 14.2. The summed E-state index contributed by atoms with van der Waals surface area (Å²) in [5.41, 5.74) is 12.9. The van der Waals surface area contributed by atoms with Gasteiger partial charge in [0, 0.05) is 43.9 Å². The molecule has 326 valence electrons. The molecule has 0 radical (unpaired) electrons. The molecule has 68 heavy (non-hydrogen) atoms. The highest BCUT2D eigenvalue weighted by atomic mass is 16.3. The van der Waals surface area contributed by atoms with Crippen molar-refractivity contribution in [3.8, 4) is 11.4 Å². The molecule has 5 heteroatoms. The van der Waals surface area contributed by atoms with Gasteiger partial charge in [0.15, 0.2) is 5.84 Å². The van der Waals surface area contributed by atoms with E-state index in [1.54, 1.807) is 0 Å². The predicted octanol–water partition coefficient (Wildman–Crippen LogP) is 16.7. The van der Waals surface area contributed by atoms with Crippen LogP contribution in [0.5, 0.6) is 0 Å². The Labute approximate surface area is 394 Å². The number of aliphatic imine (C=N–C) groups is 2. The van der Waals surface area contributed by atoms with Crippen LogP contribution in [0.4, 0.5) is 0 Å². The molecule has 0 saturated heterocycles. The normalized spacial score (nSPS) is 13.8. The second kappa shape index (κ2) is 16.3. The highest BCUT2D eigenvalue weighted by Gasteiger charge is 2.28. The molecule has 0 spiro atoms. The van der Waals surface area contributed by atoms with Crippen molar-refractivity contribution in [2.45, 2.75) is 45.6 Å². The topological polar surface area (TPSA) is 47.7 Å². The number of nitrogens with zero attached hydrogens (tertiary/aromatic N) is 4. The monoisotopic (exact) mass is 876 g/mol. The van der Waals surface area contributed by atoms with Gasteiger partial charge in [-0.05, 0) is 119 Å². The number of amidine groups is 1. The first-order valence-electron chi connectivity index (χ1n) is 24.1. The predicted molar refractivity (Wildman–Crippen MR) is 287 cm³/mol. The SMILES string of the molecule is CC/C(=N\C(=N/C(CC)c1cccc2c1c1ccccc1n2-c1ccccc1)c1c(-n2c3cc4ccccc4cc3c3c4ccccc4ccc32)ccc2c3c(oc12)C=CCC3)c1ccccc1. The number of para-hydroxylation sites is 2. The Morgan fingerprint density at radius 3 is 2.09 bits per heavy atom. The van der Waals surface area contributed by atoms with Gasteiger partial charge in [-0.2, -0.15) is 0 Å². The van der Waals surface area contributed by atoms with Gasteiger partial charge < -0.3 is 13.6 Å². The molecule has 1 atom stereocenters. The lowest BCUT2D eigenvalue weighted by atomic mass is 9.97. The number of hydrogen-bond donors (Lipinski definition) is 0. The van der Waals surface area contributed by atoms with Crippen LogP contribution in [0.25, 0.3) is 93.6 Å². The maximum absolute atomic E-state index is 7.17. The third kappa shape index (κ3) is 6.30. The van der Waals surface area contributed by atoms with Crippen LogP contribution < -0.4 is 0 Å². The summed E-state index contributed by atoms with van der Waals surface area (Å²) in [7, 11) is 0. The number of fused-ring (bicyclic) bond motifs is 12. The Morgan fingerprint density at radius 2 is 1.28 bits per heavy atom. The van der Waals surface area contributed by atoms with Crippen molar-refractivity contribution in [2.24, 2.45) is 9.98 Å². The van der Waals surface area contributed by atoms with Crippen LogP contribution in [0.2, 0.25) is 0 Å². The van der Waals surface area contributed by atoms with Crippen molar-refractivity contribution in [2.75, 3.05) is 0 Å². The summed E-state index contributed by atoms with van der Waals surface area (Å²) in [6.07, 6.45) is 7.74. The maximum Gasteiger partial charge on any atom is 0.161 e. The molecule has 1 aliphatic carbocycles. The molecule has 1 aliphatic rings. The molecule has 0 saturated carbocycles. The van der Waals surface area contributed by atoms with E-state index in [0.717, 1.165) is 87.2 Å². The fraction of sp³-hybridized carbons (Fsp3) is 0.111. The molecule has 0 amide bonds. The van der Waals surface area contributed by atoms with E-state index in [4.69, 9.17) is 14.4 Å². The average Bonchev–Trinajstić information content (AvgIpc) is 4.06. The zero-order valence-corrected chi connectivity index (χ0v) is 38.2. The molecular weight excluding hydrogens is 829 g/mol. The van der Waals surface area contributed by atoms with E-state index in [2.05, 4.69) is 223 Å². The van der Waals surface area contributed by atoms with E-state index in [1.165, 1.54) is 59.7 Å². The Hall–Kier alpha value is -8.28. The first kappa shape index (κ1) is 40.0. The number of hydrogen-bond acceptors (Lipinski definition) is 2. The number of allylic oxidation sites excluding steroid dienone is 1. The van der Waals surface area contributed by atoms with Crippen LogP contribution in [-0.4, -0.2) is 20.7 Å². The van der Waals surface area contributed by atoms with E-state index in [0.29, 0.717) is 5.84 Å². The first-order chi connectivity index (χ1) is 33.7. The highest BCUT2D eigenvalue weighted by Crippen LogP contribution is 2.44. The van der Waals surface area contributed by atoms with Crippen LogP contribution in [-0.2, 0) is 6.42 Å². The van der Waals surface area contributed by atoms with Crippen LogP contribution in [0.15, 0.2) is 209 Å². The van der Waals surface area contributed by atoms with Gasteiger partial charge in [-0.1, -0.05) is 153 Å². The van der Waals surface area contributed by atoms with Crippen molar-refractivity contribution < 1.29 is 4.42 Å². The number of benzene rings is 9. The van der Waals surface area contributed by atoms with Gasteiger partial charge in [0.2, 0.25) is 0 Å². The molecule has 0 N–H and O–H groups in total. The van der Waals surface area contributed by atoms with E-state index in [9.17, 15) is 0 Å². The largest absolute Gasteiger partial charge is 0.456 e. The molecule has 0 bridgehead atoms. The molecule has 0 aliphatic heterocycles. The van der Waals surface area contributed by atoms with Gasteiger partial charge in [0.25, 0.3) is 0 Å². The minimum Gasteiger partial charge on any atom is -0.456 e. The summed E-state index contributed by atoms with van der Waals surface area (Å²) >= 11 is 0. The maximum atomic E-state index is 7.17. The second-order valence-corrected chi connectivity index (χ2v) is 18.0. The lowest BCUT2D eigenvalue weighted by molar-refractivity contribution is 0.594. The summed E-state index contributed by atoms with van der Waals surface area (Å²) < 4.78 is 12.0. The van der Waals surface area contributed by atoms with Gasteiger partial charge in [-0.15, -0.1) is 0 Å². The van der Waals surface area contributed by atoms with Gasteiger partial charge in [-0.25, -0.2) is 4.99 Å². The number of rotatable bonds is 8. The summed E-state index contributed by atoms with van der Waals surface area (Å²) in [6, 6.07) is 67.9. The van der Waals surface area contributed by atoms with E-state index < -0.39 is 0 Å². The molecule has 12 aromatic rings. The van der Waals surface area contributed by atoms with E-state index >= 15 is 0 Å². The minimum atomic E-state index is -0.250. The molecule has 5 nitrogen and oxygen atoms in total. The van der Waals surface area contributed by atoms with Crippen molar-refractivity contribution >= 4 is 93.7 Å². The molecule has 9 aromatic carbocycles. The summed E-state index contributed by atoms with van der Waals surface area (Å²) in [5, 5.41) is 10.8. The Balaban J connectivity index is 1.16. The van der Waals surface area contributed by atoms with Gasteiger partial charge in [-0.3, -0.25) is 4.99 Å². The quantitative estimate of drug-likeness (QED) is 0.111. The Bertz CT molecular complexity index is 4050. The number of furan rings is 1. The smallest absolute Gasteiger partial charge is 0.161 e. The molecular formula is C63H48N4O. The van der Waals surface area contributed by atoms with Crippen LogP contribution >= 0.6 is 0 Å². The van der Waals surface area contributed by atoms with Gasteiger partial charge >= 0.3 is 0 Å². The molecule has 13 rings (SSSR count). The Morgan fingerprint density at radius 1 is 0.574 bits per heavy atom. The fourth-order valence-electron chi connectivity index (χ4n) is 11.1. The number of aryl methyl sites for hydroxylation is 1. The molecule has 3 aromatic heterocycles. The lowest BCUT2D eigenvalue weighted by Gasteiger charge is -2.19. The van der Waals surface area contributed by atoms with Crippen molar-refractivity contribution in [3.63, 3.8) is 0 Å². The summed E-state index contributed by atoms with van der Waals surface area (Å²) in [5.74, 6) is 1.57. The van der Waals surface area contributed by atoms with Gasteiger partial charge in [0.05, 0.1) is 39.4 Å². The zero-order chi connectivity index (χ0) is 45.3. The van der Waals surface area contributed by atoms with Crippen molar-refractivity contribution in [1.82, 2.24) is 9.13 Å². The van der Waals surface area contributed by atoms with Gasteiger partial charge in [0.1, 0.15) is 11.3 Å². The van der Waals surface area contributed by atoms with Crippen LogP contribution in [0.1, 0.15) is 67.2 Å². The Kier molecular flexibility index (Phi) is 9.57. The molecule has 1 unspecified atom stereocenters.